The van der Waals surface area contributed by atoms with Crippen LogP contribution in [0.25, 0.3) is 0 Å². The number of rotatable bonds is 6. The van der Waals surface area contributed by atoms with E-state index in [1.165, 1.54) is 43.6 Å². The highest BCUT2D eigenvalue weighted by molar-refractivity contribution is 7.10. The van der Waals surface area contributed by atoms with Crippen LogP contribution in [0.1, 0.15) is 37.5 Å². The summed E-state index contributed by atoms with van der Waals surface area (Å²) in [4.78, 5) is 3.89. The lowest BCUT2D eigenvalue weighted by Gasteiger charge is -2.33. The number of nitrogen functional groups attached to an aromatic ring is 1. The van der Waals surface area contributed by atoms with Crippen molar-refractivity contribution in [2.45, 2.75) is 45.2 Å². The van der Waals surface area contributed by atoms with E-state index in [1.54, 1.807) is 11.3 Å². The minimum absolute atomic E-state index is 0.784. The first-order valence-corrected chi connectivity index (χ1v) is 7.92. The van der Waals surface area contributed by atoms with Gasteiger partial charge in [0.2, 0.25) is 0 Å². The van der Waals surface area contributed by atoms with Gasteiger partial charge in [-0.05, 0) is 57.3 Å². The number of nitrogens with zero attached hydrogens (tertiary/aromatic N) is 1. The van der Waals surface area contributed by atoms with Gasteiger partial charge < -0.3 is 16.0 Å². The maximum absolute atomic E-state index is 5.85. The molecule has 1 saturated heterocycles. The fourth-order valence-electron chi connectivity index (χ4n) is 2.59. The molecule has 18 heavy (non-hydrogen) atoms. The van der Waals surface area contributed by atoms with Gasteiger partial charge in [0.25, 0.3) is 0 Å². The molecule has 1 aliphatic heterocycles. The van der Waals surface area contributed by atoms with E-state index < -0.39 is 0 Å². The van der Waals surface area contributed by atoms with Crippen LogP contribution in [0, 0.1) is 0 Å². The summed E-state index contributed by atoms with van der Waals surface area (Å²) in [6, 6.07) is 2.77. The zero-order valence-electron chi connectivity index (χ0n) is 11.3. The Kier molecular flexibility index (Phi) is 5.47. The van der Waals surface area contributed by atoms with Crippen LogP contribution >= 0.6 is 11.3 Å². The van der Waals surface area contributed by atoms with Crippen LogP contribution in [0.3, 0.4) is 0 Å². The number of hydrogen-bond acceptors (Lipinski definition) is 4. The number of nitrogens with two attached hydrogens (primary N) is 1. The molecule has 0 aliphatic carbocycles. The average molecular weight is 267 g/mol. The molecule has 4 heteroatoms. The Bertz CT molecular complexity index is 351. The lowest BCUT2D eigenvalue weighted by Crippen LogP contribution is -2.38. The molecule has 0 radical (unpaired) electrons. The normalized spacial score (nSPS) is 21.3. The summed E-state index contributed by atoms with van der Waals surface area (Å²) in [5, 5.41) is 5.54. The number of hydrogen-bond donors (Lipinski definition) is 2. The molecular weight excluding hydrogens is 242 g/mol. The minimum atomic E-state index is 0.784. The summed E-state index contributed by atoms with van der Waals surface area (Å²) in [6.45, 7) is 6.88. The second-order valence-corrected chi connectivity index (χ2v) is 6.21. The molecule has 0 spiro atoms. The second-order valence-electron chi connectivity index (χ2n) is 5.21. The summed E-state index contributed by atoms with van der Waals surface area (Å²) in [5.74, 6) is 0. The average Bonchev–Trinajstić information content (AvgIpc) is 2.77. The first-order chi connectivity index (χ1) is 8.77. The maximum atomic E-state index is 5.85. The van der Waals surface area contributed by atoms with Gasteiger partial charge in [0.1, 0.15) is 0 Å². The number of thiophene rings is 1. The largest absolute Gasteiger partial charge is 0.398 e. The highest BCUT2D eigenvalue weighted by Gasteiger charge is 2.16. The van der Waals surface area contributed by atoms with E-state index in [4.69, 9.17) is 5.73 Å². The first kappa shape index (κ1) is 13.8. The van der Waals surface area contributed by atoms with Crippen LogP contribution in [0.4, 0.5) is 5.69 Å². The van der Waals surface area contributed by atoms with Crippen molar-refractivity contribution in [3.63, 3.8) is 0 Å². The van der Waals surface area contributed by atoms with Gasteiger partial charge in [-0.15, -0.1) is 11.3 Å². The monoisotopic (exact) mass is 267 g/mol. The van der Waals surface area contributed by atoms with Crippen molar-refractivity contribution in [2.24, 2.45) is 0 Å². The number of likely N-dealkylation sites (tertiary alicyclic amines) is 1. The lowest BCUT2D eigenvalue weighted by molar-refractivity contribution is 0.159. The smallest absolute Gasteiger partial charge is 0.0468 e. The second kappa shape index (κ2) is 7.12. The molecule has 1 aromatic heterocycles. The molecule has 1 fully saturated rings. The summed E-state index contributed by atoms with van der Waals surface area (Å²) in [6.07, 6.45) is 5.39. The zero-order chi connectivity index (χ0) is 12.8. The Balaban J connectivity index is 1.57. The van der Waals surface area contributed by atoms with Crippen molar-refractivity contribution < 1.29 is 0 Å². The molecule has 3 nitrogen and oxygen atoms in total. The number of piperidine rings is 1. The van der Waals surface area contributed by atoms with E-state index in [0.717, 1.165) is 24.8 Å². The quantitative estimate of drug-likeness (QED) is 0.779. The molecule has 1 unspecified atom stereocenters. The van der Waals surface area contributed by atoms with Crippen LogP contribution in [0.5, 0.6) is 0 Å². The lowest BCUT2D eigenvalue weighted by atomic mass is 10.0. The van der Waals surface area contributed by atoms with E-state index >= 15 is 0 Å². The fourth-order valence-corrected chi connectivity index (χ4v) is 3.36. The van der Waals surface area contributed by atoms with Crippen LogP contribution in [-0.4, -0.2) is 30.6 Å². The van der Waals surface area contributed by atoms with Gasteiger partial charge in [0.05, 0.1) is 0 Å². The third-order valence-electron chi connectivity index (χ3n) is 3.80. The first-order valence-electron chi connectivity index (χ1n) is 7.04. The summed E-state index contributed by atoms with van der Waals surface area (Å²) in [5.41, 5.74) is 6.78. The molecule has 3 N–H and O–H groups in total. The Morgan fingerprint density at radius 1 is 1.50 bits per heavy atom. The molecule has 2 heterocycles. The molecule has 0 aromatic carbocycles. The predicted molar refractivity (Wildman–Crippen MR) is 79.9 cm³/mol. The van der Waals surface area contributed by atoms with Gasteiger partial charge in [-0.25, -0.2) is 0 Å². The summed E-state index contributed by atoms with van der Waals surface area (Å²) >= 11 is 1.74. The summed E-state index contributed by atoms with van der Waals surface area (Å²) in [7, 11) is 0. The van der Waals surface area contributed by atoms with Gasteiger partial charge in [0.15, 0.2) is 0 Å². The zero-order valence-corrected chi connectivity index (χ0v) is 12.1. The SMILES string of the molecule is CC1CCCCN1CCCNCc1sccc1N. The molecule has 0 amide bonds. The van der Waals surface area contributed by atoms with E-state index in [0.29, 0.717) is 0 Å². The maximum Gasteiger partial charge on any atom is 0.0468 e. The van der Waals surface area contributed by atoms with E-state index in [-0.39, 0.29) is 0 Å². The van der Waals surface area contributed by atoms with E-state index in [2.05, 4.69) is 22.5 Å². The Labute approximate surface area is 114 Å². The van der Waals surface area contributed by atoms with Gasteiger partial charge in [-0.3, -0.25) is 0 Å². The van der Waals surface area contributed by atoms with E-state index in [9.17, 15) is 0 Å². The standard InChI is InChI=1S/C14H25N3S/c1-12-5-2-3-8-17(12)9-4-7-16-11-14-13(15)6-10-18-14/h6,10,12,16H,2-5,7-9,11,15H2,1H3. The third kappa shape index (κ3) is 3.97. The fraction of sp³-hybridized carbons (Fsp3) is 0.714. The summed E-state index contributed by atoms with van der Waals surface area (Å²) < 4.78 is 0. The molecule has 1 aliphatic rings. The van der Waals surface area contributed by atoms with Gasteiger partial charge in [-0.1, -0.05) is 6.42 Å². The highest BCUT2D eigenvalue weighted by atomic mass is 32.1. The molecular formula is C14H25N3S. The van der Waals surface area contributed by atoms with Crippen molar-refractivity contribution >= 4 is 17.0 Å². The molecule has 0 saturated carbocycles. The highest BCUT2D eigenvalue weighted by Crippen LogP contribution is 2.18. The predicted octanol–water partition coefficient (Wildman–Crippen LogP) is 2.68. The van der Waals surface area contributed by atoms with Crippen LogP contribution in [0.15, 0.2) is 11.4 Å². The van der Waals surface area contributed by atoms with Crippen LogP contribution in [-0.2, 0) is 6.54 Å². The van der Waals surface area contributed by atoms with Crippen molar-refractivity contribution in [3.8, 4) is 0 Å². The van der Waals surface area contributed by atoms with Crippen molar-refractivity contribution in [1.29, 1.82) is 0 Å². The minimum Gasteiger partial charge on any atom is -0.398 e. The Morgan fingerprint density at radius 2 is 2.39 bits per heavy atom. The topological polar surface area (TPSA) is 41.3 Å². The third-order valence-corrected chi connectivity index (χ3v) is 4.74. The number of anilines is 1. The van der Waals surface area contributed by atoms with Crippen molar-refractivity contribution in [2.75, 3.05) is 25.4 Å². The van der Waals surface area contributed by atoms with Gasteiger partial charge >= 0.3 is 0 Å². The van der Waals surface area contributed by atoms with Gasteiger partial charge in [-0.2, -0.15) is 0 Å². The Hall–Kier alpha value is -0.580. The van der Waals surface area contributed by atoms with Crippen molar-refractivity contribution in [3.05, 3.63) is 16.3 Å². The number of nitrogens with one attached hydrogen (secondary N) is 1. The molecule has 0 bridgehead atoms. The van der Waals surface area contributed by atoms with E-state index in [1.807, 2.05) is 6.07 Å². The van der Waals surface area contributed by atoms with Crippen LogP contribution in [0.2, 0.25) is 0 Å². The molecule has 2 rings (SSSR count). The van der Waals surface area contributed by atoms with Crippen LogP contribution < -0.4 is 11.1 Å². The molecule has 1 aromatic rings. The van der Waals surface area contributed by atoms with Gasteiger partial charge in [0, 0.05) is 23.2 Å². The van der Waals surface area contributed by atoms with Crippen molar-refractivity contribution in [1.82, 2.24) is 10.2 Å². The molecule has 1 atom stereocenters. The molecule has 102 valence electrons. The Morgan fingerprint density at radius 3 is 3.11 bits per heavy atom.